The maximum Gasteiger partial charge on any atom is 0.285 e. The molecule has 0 N–H and O–H groups in total. The lowest BCUT2D eigenvalue weighted by molar-refractivity contribution is -0.119. The smallest absolute Gasteiger partial charge is 0.285 e. The molecule has 4 rings (SSSR count). The summed E-state index contributed by atoms with van der Waals surface area (Å²) in [5.74, 6) is 0.331. The fourth-order valence-electron chi connectivity index (χ4n) is 3.43. The van der Waals surface area contributed by atoms with Crippen molar-refractivity contribution in [3.63, 3.8) is 0 Å². The Balaban J connectivity index is 1.53. The first-order valence-electron chi connectivity index (χ1n) is 9.08. The standard InChI is InChI=1S/C20H19ClN2O4S2/c21-16-9-5-4-6-14(16)10-23-17-12-29(25,26)13-18(17)28-20(23)22-19(24)11-27-15-7-2-1-3-8-15/h1-9,17-18H,10-13H2/t17-,18+/m0/s1. The Morgan fingerprint density at radius 1 is 1.14 bits per heavy atom. The van der Waals surface area contributed by atoms with Crippen molar-refractivity contribution in [1.29, 1.82) is 0 Å². The fourth-order valence-corrected chi connectivity index (χ4v) is 7.60. The van der Waals surface area contributed by atoms with Crippen LogP contribution in [0.1, 0.15) is 5.56 Å². The second-order valence-electron chi connectivity index (χ2n) is 6.91. The third kappa shape index (κ3) is 4.76. The highest BCUT2D eigenvalue weighted by Crippen LogP contribution is 2.39. The van der Waals surface area contributed by atoms with Gasteiger partial charge in [0.25, 0.3) is 5.91 Å². The molecule has 29 heavy (non-hydrogen) atoms. The van der Waals surface area contributed by atoms with Crippen LogP contribution in [0.25, 0.3) is 0 Å². The van der Waals surface area contributed by atoms with Crippen molar-refractivity contribution in [2.24, 2.45) is 4.99 Å². The number of amidine groups is 1. The lowest BCUT2D eigenvalue weighted by Gasteiger charge is -2.25. The van der Waals surface area contributed by atoms with Crippen LogP contribution in [0, 0.1) is 0 Å². The molecule has 0 saturated carbocycles. The van der Waals surface area contributed by atoms with Gasteiger partial charge in [-0.25, -0.2) is 8.42 Å². The van der Waals surface area contributed by atoms with Gasteiger partial charge in [0.2, 0.25) is 0 Å². The zero-order valence-corrected chi connectivity index (χ0v) is 17.8. The third-order valence-corrected chi connectivity index (χ3v) is 8.42. The number of nitrogens with zero attached hydrogens (tertiary/aromatic N) is 2. The lowest BCUT2D eigenvalue weighted by atomic mass is 10.1. The Kier molecular flexibility index (Phi) is 5.85. The average Bonchev–Trinajstić information content (AvgIpc) is 3.14. The van der Waals surface area contributed by atoms with Gasteiger partial charge in [-0.1, -0.05) is 59.8 Å². The maximum atomic E-state index is 12.4. The summed E-state index contributed by atoms with van der Waals surface area (Å²) in [7, 11) is -3.10. The molecule has 6 nitrogen and oxygen atoms in total. The zero-order chi connectivity index (χ0) is 20.4. The number of halogens is 1. The van der Waals surface area contributed by atoms with E-state index in [4.69, 9.17) is 16.3 Å². The maximum absolute atomic E-state index is 12.4. The molecular weight excluding hydrogens is 432 g/mol. The number of carbonyl (C=O) groups is 1. The van der Waals surface area contributed by atoms with Crippen LogP contribution in [0.5, 0.6) is 5.75 Å². The van der Waals surface area contributed by atoms with Crippen LogP contribution in [0.2, 0.25) is 5.02 Å². The van der Waals surface area contributed by atoms with E-state index in [9.17, 15) is 13.2 Å². The summed E-state index contributed by atoms with van der Waals surface area (Å²) < 4.78 is 29.7. The van der Waals surface area contributed by atoms with Crippen molar-refractivity contribution in [2.45, 2.75) is 17.8 Å². The number of fused-ring (bicyclic) bond motifs is 1. The SMILES string of the molecule is O=C(COc1ccccc1)N=C1S[C@@H]2CS(=O)(=O)C[C@@H]2N1Cc1ccccc1Cl. The molecule has 2 aromatic rings. The monoisotopic (exact) mass is 450 g/mol. The Morgan fingerprint density at radius 2 is 1.86 bits per heavy atom. The topological polar surface area (TPSA) is 76.0 Å². The van der Waals surface area contributed by atoms with Crippen LogP contribution in [-0.4, -0.2) is 53.8 Å². The predicted octanol–water partition coefficient (Wildman–Crippen LogP) is 3.02. The number of thioether (sulfide) groups is 1. The molecule has 0 radical (unpaired) electrons. The van der Waals surface area contributed by atoms with Gasteiger partial charge in [0, 0.05) is 16.8 Å². The first-order valence-corrected chi connectivity index (χ1v) is 12.2. The summed E-state index contributed by atoms with van der Waals surface area (Å²) in [6.45, 7) is 0.219. The first-order chi connectivity index (χ1) is 13.9. The third-order valence-electron chi connectivity index (χ3n) is 4.80. The Bertz CT molecular complexity index is 1040. The summed E-state index contributed by atoms with van der Waals surface area (Å²) in [5.41, 5.74) is 0.861. The molecule has 0 aromatic heterocycles. The predicted molar refractivity (Wildman–Crippen MR) is 115 cm³/mol. The molecule has 9 heteroatoms. The van der Waals surface area contributed by atoms with Crippen molar-refractivity contribution in [2.75, 3.05) is 18.1 Å². The number of rotatable bonds is 5. The van der Waals surface area contributed by atoms with Crippen LogP contribution in [0.15, 0.2) is 59.6 Å². The fraction of sp³-hybridized carbons (Fsp3) is 0.300. The highest BCUT2D eigenvalue weighted by Gasteiger charge is 2.48. The van der Waals surface area contributed by atoms with Gasteiger partial charge < -0.3 is 9.64 Å². The first kappa shape index (κ1) is 20.3. The number of hydrogen-bond acceptors (Lipinski definition) is 5. The van der Waals surface area contributed by atoms with Gasteiger partial charge in [0.15, 0.2) is 21.6 Å². The largest absolute Gasteiger partial charge is 0.484 e. The van der Waals surface area contributed by atoms with E-state index < -0.39 is 15.7 Å². The summed E-state index contributed by atoms with van der Waals surface area (Å²) in [6, 6.07) is 16.2. The average molecular weight is 451 g/mol. The highest BCUT2D eigenvalue weighted by atomic mass is 35.5. The molecule has 0 unspecified atom stereocenters. The number of ether oxygens (including phenoxy) is 1. The van der Waals surface area contributed by atoms with Gasteiger partial charge in [0.05, 0.1) is 17.5 Å². The van der Waals surface area contributed by atoms with Crippen molar-refractivity contribution in [3.05, 3.63) is 65.2 Å². The number of sulfone groups is 1. The van der Waals surface area contributed by atoms with E-state index in [1.165, 1.54) is 11.8 Å². The van der Waals surface area contributed by atoms with E-state index in [0.717, 1.165) is 5.56 Å². The van der Waals surface area contributed by atoms with Crippen LogP contribution in [-0.2, 0) is 21.2 Å². The molecule has 2 aromatic carbocycles. The molecule has 1 amide bonds. The molecular formula is C20H19ClN2O4S2. The molecule has 2 saturated heterocycles. The quantitative estimate of drug-likeness (QED) is 0.697. The van der Waals surface area contributed by atoms with Gasteiger partial charge in [-0.15, -0.1) is 0 Å². The van der Waals surface area contributed by atoms with E-state index in [-0.39, 0.29) is 29.4 Å². The van der Waals surface area contributed by atoms with Gasteiger partial charge in [-0.2, -0.15) is 4.99 Å². The second-order valence-corrected chi connectivity index (χ2v) is 10.7. The number of carbonyl (C=O) groups excluding carboxylic acids is 1. The van der Waals surface area contributed by atoms with Gasteiger partial charge >= 0.3 is 0 Å². The molecule has 2 atom stereocenters. The number of hydrogen-bond donors (Lipinski definition) is 0. The van der Waals surface area contributed by atoms with E-state index in [2.05, 4.69) is 4.99 Å². The number of benzene rings is 2. The Labute approximate surface area is 178 Å². The Hall–Kier alpha value is -2.03. The molecule has 152 valence electrons. The summed E-state index contributed by atoms with van der Waals surface area (Å²) in [6.07, 6.45) is 0. The van der Waals surface area contributed by atoms with Crippen LogP contribution < -0.4 is 4.74 Å². The van der Waals surface area contributed by atoms with Crippen molar-refractivity contribution >= 4 is 44.3 Å². The summed E-state index contributed by atoms with van der Waals surface area (Å²) >= 11 is 7.64. The molecule has 2 fully saturated rings. The summed E-state index contributed by atoms with van der Waals surface area (Å²) in [4.78, 5) is 18.5. The van der Waals surface area contributed by atoms with E-state index >= 15 is 0 Å². The zero-order valence-electron chi connectivity index (χ0n) is 15.4. The number of para-hydroxylation sites is 1. The van der Waals surface area contributed by atoms with Crippen molar-refractivity contribution in [3.8, 4) is 5.75 Å². The summed E-state index contributed by atoms with van der Waals surface area (Å²) in [5, 5.41) is 0.987. The minimum absolute atomic E-state index is 0.0584. The van der Waals surface area contributed by atoms with Crippen LogP contribution in [0.3, 0.4) is 0 Å². The minimum Gasteiger partial charge on any atom is -0.484 e. The van der Waals surface area contributed by atoms with Crippen molar-refractivity contribution in [1.82, 2.24) is 4.90 Å². The lowest BCUT2D eigenvalue weighted by Crippen LogP contribution is -2.37. The number of amides is 1. The Morgan fingerprint density at radius 3 is 2.62 bits per heavy atom. The molecule has 2 aliphatic rings. The van der Waals surface area contributed by atoms with Gasteiger partial charge in [-0.05, 0) is 23.8 Å². The van der Waals surface area contributed by atoms with Gasteiger partial charge in [-0.3, -0.25) is 4.79 Å². The molecule has 0 bridgehead atoms. The van der Waals surface area contributed by atoms with Crippen LogP contribution >= 0.6 is 23.4 Å². The van der Waals surface area contributed by atoms with E-state index in [0.29, 0.717) is 22.5 Å². The molecule has 0 spiro atoms. The minimum atomic E-state index is -3.10. The van der Waals surface area contributed by atoms with Crippen molar-refractivity contribution < 1.29 is 17.9 Å². The van der Waals surface area contributed by atoms with Crippen LogP contribution in [0.4, 0.5) is 0 Å². The van der Waals surface area contributed by atoms with Gasteiger partial charge in [0.1, 0.15) is 5.75 Å². The van der Waals surface area contributed by atoms with E-state index in [1.807, 2.05) is 41.3 Å². The normalized spacial score (nSPS) is 23.9. The highest BCUT2D eigenvalue weighted by molar-refractivity contribution is 8.15. The van der Waals surface area contributed by atoms with E-state index in [1.54, 1.807) is 18.2 Å². The second kappa shape index (κ2) is 8.38. The molecule has 0 aliphatic carbocycles. The molecule has 2 heterocycles. The molecule has 2 aliphatic heterocycles. The number of aliphatic imine (C=N–C) groups is 1.